The number of benzene rings is 2. The first-order chi connectivity index (χ1) is 12.1. The van der Waals surface area contributed by atoms with Gasteiger partial charge in [-0.05, 0) is 34.0 Å². The molecule has 0 bridgehead atoms. The molecule has 0 unspecified atom stereocenters. The Hall–Kier alpha value is -1.36. The average Bonchev–Trinajstić information content (AvgIpc) is 3.44. The van der Waals surface area contributed by atoms with E-state index in [9.17, 15) is 0 Å². The number of hydrogen-bond donors (Lipinski definition) is 0. The van der Waals surface area contributed by atoms with Gasteiger partial charge in [0, 0.05) is 37.2 Å². The maximum Gasteiger partial charge on any atom is 0.138 e. The van der Waals surface area contributed by atoms with E-state index in [1.165, 1.54) is 30.8 Å². The smallest absolute Gasteiger partial charge is 0.138 e. The lowest BCUT2D eigenvalue weighted by atomic mass is 10.1. The summed E-state index contributed by atoms with van der Waals surface area (Å²) in [6.45, 7) is 4.65. The van der Waals surface area contributed by atoms with Crippen molar-refractivity contribution in [3.8, 4) is 5.75 Å². The third-order valence-electron chi connectivity index (χ3n) is 5.97. The molecule has 1 aliphatic carbocycles. The number of ether oxygens (including phenoxy) is 1. The molecule has 0 aromatic heterocycles. The minimum Gasteiger partial charge on any atom is -0.495 e. The zero-order chi connectivity index (χ0) is 17.4. The first-order valence-corrected chi connectivity index (χ1v) is 9.88. The summed E-state index contributed by atoms with van der Waals surface area (Å²) in [6.07, 6.45) is 1.32. The van der Waals surface area contributed by atoms with Gasteiger partial charge in [0.2, 0.25) is 0 Å². The van der Waals surface area contributed by atoms with Gasteiger partial charge in [0.15, 0.2) is 0 Å². The number of methoxy groups -OCH3 is 1. The van der Waals surface area contributed by atoms with E-state index in [4.69, 9.17) is 4.74 Å². The summed E-state index contributed by atoms with van der Waals surface area (Å²) in [4.78, 5) is 2.70. The molecule has 1 heterocycles. The normalized spacial score (nSPS) is 25.6. The third-order valence-corrected chi connectivity index (χ3v) is 6.63. The van der Waals surface area contributed by atoms with E-state index in [-0.39, 0.29) is 0 Å². The van der Waals surface area contributed by atoms with E-state index in [0.717, 1.165) is 39.8 Å². The van der Waals surface area contributed by atoms with Gasteiger partial charge in [-0.3, -0.25) is 9.38 Å². The van der Waals surface area contributed by atoms with Crippen LogP contribution in [0.3, 0.4) is 0 Å². The van der Waals surface area contributed by atoms with Crippen molar-refractivity contribution in [2.45, 2.75) is 18.4 Å². The number of rotatable bonds is 4. The van der Waals surface area contributed by atoms with Crippen molar-refractivity contribution in [3.63, 3.8) is 0 Å². The fourth-order valence-corrected chi connectivity index (χ4v) is 4.55. The van der Waals surface area contributed by atoms with E-state index in [1.807, 2.05) is 0 Å². The van der Waals surface area contributed by atoms with Crippen molar-refractivity contribution in [1.29, 1.82) is 0 Å². The first kappa shape index (κ1) is 17.1. The molecule has 0 spiro atoms. The van der Waals surface area contributed by atoms with Crippen molar-refractivity contribution >= 4 is 21.6 Å². The van der Waals surface area contributed by atoms with Crippen LogP contribution in [0.1, 0.15) is 17.9 Å². The monoisotopic (exact) mass is 401 g/mol. The molecule has 2 fully saturated rings. The minimum atomic E-state index is 0.742. The molecule has 2 atom stereocenters. The highest BCUT2D eigenvalue weighted by molar-refractivity contribution is 9.10. The van der Waals surface area contributed by atoms with Gasteiger partial charge in [-0.15, -0.1) is 0 Å². The number of hydrogen-bond acceptors (Lipinski definition) is 2. The van der Waals surface area contributed by atoms with Gasteiger partial charge in [-0.1, -0.05) is 30.3 Å². The molecule has 25 heavy (non-hydrogen) atoms. The Morgan fingerprint density at radius 3 is 2.48 bits per heavy atom. The highest BCUT2D eigenvalue weighted by Gasteiger charge is 2.45. The van der Waals surface area contributed by atoms with Crippen molar-refractivity contribution in [2.24, 2.45) is 0 Å². The highest BCUT2D eigenvalue weighted by Crippen LogP contribution is 2.45. The zero-order valence-corrected chi connectivity index (χ0v) is 16.6. The summed E-state index contributed by atoms with van der Waals surface area (Å²) in [7, 11) is 4.08. The topological polar surface area (TPSA) is 12.5 Å². The molecule has 2 aromatic carbocycles. The molecule has 3 nitrogen and oxygen atoms in total. The molecule has 1 saturated heterocycles. The molecule has 1 aliphatic heterocycles. The van der Waals surface area contributed by atoms with E-state index in [1.54, 1.807) is 7.11 Å². The van der Waals surface area contributed by atoms with Crippen LogP contribution in [0.4, 0.5) is 5.69 Å². The predicted molar refractivity (Wildman–Crippen MR) is 107 cm³/mol. The molecule has 4 rings (SSSR count). The van der Waals surface area contributed by atoms with Crippen molar-refractivity contribution < 1.29 is 4.74 Å². The molecule has 2 aromatic rings. The summed E-state index contributed by atoms with van der Waals surface area (Å²) in [5.41, 5.74) is 2.85. The molecule has 4 heteroatoms. The largest absolute Gasteiger partial charge is 0.495 e. The van der Waals surface area contributed by atoms with E-state index in [2.05, 4.69) is 76.4 Å². The standard InChI is InChI=1S/C21H26BrN2O/c1-24(17-8-9-19(22)21(14-17)25-2)12-10-23(11-13-24)20-15-18(20)16-6-4-3-5-7-16/h3-9,14,18,20H,10-13,15H2,1-2H3/q+1/t18-,20+/m0/s1. The van der Waals surface area contributed by atoms with E-state index < -0.39 is 0 Å². The van der Waals surface area contributed by atoms with Crippen LogP contribution in [-0.2, 0) is 0 Å². The number of likely N-dealkylation sites (N-methyl/N-ethyl adjacent to an activating group) is 1. The third kappa shape index (κ3) is 3.35. The van der Waals surface area contributed by atoms with Crippen molar-refractivity contribution in [3.05, 3.63) is 58.6 Å². The second-order valence-electron chi connectivity index (χ2n) is 7.52. The van der Waals surface area contributed by atoms with Crippen LogP contribution < -0.4 is 9.22 Å². The Bertz CT molecular complexity index is 741. The maximum absolute atomic E-state index is 5.49. The minimum absolute atomic E-state index is 0.742. The second kappa shape index (κ2) is 6.75. The lowest BCUT2D eigenvalue weighted by Gasteiger charge is -2.42. The maximum atomic E-state index is 5.49. The Kier molecular flexibility index (Phi) is 4.61. The lowest BCUT2D eigenvalue weighted by molar-refractivity contribution is 0.147. The van der Waals surface area contributed by atoms with Gasteiger partial charge in [0.25, 0.3) is 0 Å². The van der Waals surface area contributed by atoms with Gasteiger partial charge < -0.3 is 4.74 Å². The summed E-state index contributed by atoms with van der Waals surface area (Å²) in [5, 5.41) is 0. The van der Waals surface area contributed by atoms with Gasteiger partial charge in [-0.25, -0.2) is 0 Å². The van der Waals surface area contributed by atoms with Crippen LogP contribution in [0.15, 0.2) is 53.0 Å². The number of halogens is 1. The number of piperazine rings is 1. The fraction of sp³-hybridized carbons (Fsp3) is 0.429. The molecule has 0 radical (unpaired) electrons. The van der Waals surface area contributed by atoms with E-state index in [0.29, 0.717) is 0 Å². The quantitative estimate of drug-likeness (QED) is 0.709. The Morgan fingerprint density at radius 1 is 1.08 bits per heavy atom. The van der Waals surface area contributed by atoms with E-state index >= 15 is 0 Å². The highest BCUT2D eigenvalue weighted by atomic mass is 79.9. The molecular weight excluding hydrogens is 376 g/mol. The number of quaternary nitrogens is 1. The predicted octanol–water partition coefficient (Wildman–Crippen LogP) is 4.27. The molecule has 132 valence electrons. The molecule has 0 amide bonds. The van der Waals surface area contributed by atoms with Crippen molar-refractivity contribution in [1.82, 2.24) is 9.38 Å². The summed E-state index contributed by atoms with van der Waals surface area (Å²) >= 11 is 3.56. The molecule has 2 aliphatic rings. The van der Waals surface area contributed by atoms with Crippen molar-refractivity contribution in [2.75, 3.05) is 40.3 Å². The van der Waals surface area contributed by atoms with Crippen LogP contribution >= 0.6 is 15.9 Å². The van der Waals surface area contributed by atoms with Crippen LogP contribution in [0.25, 0.3) is 0 Å². The van der Waals surface area contributed by atoms with Gasteiger partial charge in [0.05, 0.1) is 31.7 Å². The average molecular weight is 402 g/mol. The van der Waals surface area contributed by atoms with Gasteiger partial charge in [-0.2, -0.15) is 0 Å². The number of nitrogens with zero attached hydrogens (tertiary/aromatic N) is 2. The summed E-state index contributed by atoms with van der Waals surface area (Å²) in [5.74, 6) is 1.66. The summed E-state index contributed by atoms with van der Waals surface area (Å²) < 4.78 is 7.50. The Balaban J connectivity index is 1.41. The molecular formula is C21H26BrN2O+. The lowest BCUT2D eigenvalue weighted by Crippen LogP contribution is -2.58. The Morgan fingerprint density at radius 2 is 1.80 bits per heavy atom. The second-order valence-corrected chi connectivity index (χ2v) is 8.37. The molecule has 1 saturated carbocycles. The van der Waals surface area contributed by atoms with Gasteiger partial charge >= 0.3 is 0 Å². The SMILES string of the molecule is COc1cc([N+]2(C)CCN([C@@H]3C[C@H]3c3ccccc3)CC2)ccc1Br. The van der Waals surface area contributed by atoms with Crippen LogP contribution in [0, 0.1) is 0 Å². The van der Waals surface area contributed by atoms with Gasteiger partial charge in [0.1, 0.15) is 11.4 Å². The van der Waals surface area contributed by atoms with Crippen LogP contribution in [-0.4, -0.2) is 51.3 Å². The fourth-order valence-electron chi connectivity index (χ4n) is 4.14. The van der Waals surface area contributed by atoms with Crippen LogP contribution in [0.5, 0.6) is 5.75 Å². The first-order valence-electron chi connectivity index (χ1n) is 9.08. The van der Waals surface area contributed by atoms with Crippen LogP contribution in [0.2, 0.25) is 0 Å². The zero-order valence-electron chi connectivity index (χ0n) is 15.0. The molecule has 0 N–H and O–H groups in total. The Labute approximate surface area is 158 Å². The summed E-state index contributed by atoms with van der Waals surface area (Å²) in [6, 6.07) is 18.3.